The second-order valence-corrected chi connectivity index (χ2v) is 5.02. The van der Waals surface area contributed by atoms with Gasteiger partial charge in [0.1, 0.15) is 0 Å². The number of carbonyl (C=O) groups is 1. The van der Waals surface area contributed by atoms with Crippen molar-refractivity contribution in [3.63, 3.8) is 0 Å². The molecule has 1 aromatic rings. The van der Waals surface area contributed by atoms with E-state index in [1.54, 1.807) is 4.90 Å². The normalized spacial score (nSPS) is 14.8. The van der Waals surface area contributed by atoms with Crippen molar-refractivity contribution in [1.82, 2.24) is 0 Å². The Labute approximate surface area is 109 Å². The van der Waals surface area contributed by atoms with Crippen LogP contribution in [-0.2, 0) is 17.6 Å². The lowest BCUT2D eigenvalue weighted by atomic mass is 9.97. The van der Waals surface area contributed by atoms with Crippen LogP contribution in [0.2, 0.25) is 0 Å². The summed E-state index contributed by atoms with van der Waals surface area (Å²) in [5.41, 5.74) is 9.27. The molecule has 18 heavy (non-hydrogen) atoms. The first kappa shape index (κ1) is 13.1. The standard InChI is InChI=1S/C15H22N2O/c1-17-14-8-6-12(5-3-2-4-10-16)11-13(14)7-9-15(17)18/h6,8,11H,2-5,7,9-10,16H2,1H3. The van der Waals surface area contributed by atoms with E-state index in [1.165, 1.54) is 24.0 Å². The molecule has 0 fully saturated rings. The molecule has 0 saturated heterocycles. The van der Waals surface area contributed by atoms with Gasteiger partial charge in [-0.25, -0.2) is 0 Å². The molecule has 0 unspecified atom stereocenters. The molecule has 98 valence electrons. The summed E-state index contributed by atoms with van der Waals surface area (Å²) in [5, 5.41) is 0. The first-order chi connectivity index (χ1) is 8.72. The van der Waals surface area contributed by atoms with Gasteiger partial charge >= 0.3 is 0 Å². The predicted molar refractivity (Wildman–Crippen MR) is 74.8 cm³/mol. The number of fused-ring (bicyclic) bond motifs is 1. The molecule has 3 nitrogen and oxygen atoms in total. The topological polar surface area (TPSA) is 46.3 Å². The van der Waals surface area contributed by atoms with Crippen LogP contribution in [-0.4, -0.2) is 19.5 Å². The molecule has 1 heterocycles. The molecular formula is C15H22N2O. The summed E-state index contributed by atoms with van der Waals surface area (Å²) in [5.74, 6) is 0.221. The maximum Gasteiger partial charge on any atom is 0.227 e. The van der Waals surface area contributed by atoms with Crippen molar-refractivity contribution in [3.8, 4) is 0 Å². The highest BCUT2D eigenvalue weighted by Gasteiger charge is 2.20. The molecule has 0 spiro atoms. The zero-order chi connectivity index (χ0) is 13.0. The maximum absolute atomic E-state index is 11.6. The van der Waals surface area contributed by atoms with E-state index in [-0.39, 0.29) is 5.91 Å². The first-order valence-electron chi connectivity index (χ1n) is 6.81. The van der Waals surface area contributed by atoms with Gasteiger partial charge in [0.2, 0.25) is 5.91 Å². The number of nitrogens with zero attached hydrogens (tertiary/aromatic N) is 1. The van der Waals surface area contributed by atoms with E-state index in [0.717, 1.165) is 31.5 Å². The highest BCUT2D eigenvalue weighted by molar-refractivity contribution is 5.95. The quantitative estimate of drug-likeness (QED) is 0.810. The van der Waals surface area contributed by atoms with Crippen molar-refractivity contribution in [3.05, 3.63) is 29.3 Å². The van der Waals surface area contributed by atoms with E-state index in [4.69, 9.17) is 5.73 Å². The van der Waals surface area contributed by atoms with Crippen molar-refractivity contribution in [1.29, 1.82) is 0 Å². The number of carbonyl (C=O) groups excluding carboxylic acids is 1. The van der Waals surface area contributed by atoms with Gasteiger partial charge in [-0.3, -0.25) is 4.79 Å². The molecule has 0 aliphatic carbocycles. The van der Waals surface area contributed by atoms with Gasteiger partial charge in [0.25, 0.3) is 0 Å². The summed E-state index contributed by atoms with van der Waals surface area (Å²) >= 11 is 0. The molecular weight excluding hydrogens is 224 g/mol. The molecule has 2 N–H and O–H groups in total. The number of hydrogen-bond donors (Lipinski definition) is 1. The van der Waals surface area contributed by atoms with Gasteiger partial charge in [0.05, 0.1) is 0 Å². The third kappa shape index (κ3) is 2.91. The van der Waals surface area contributed by atoms with E-state index >= 15 is 0 Å². The SMILES string of the molecule is CN1C(=O)CCc2cc(CCCCCN)ccc21. The minimum Gasteiger partial charge on any atom is -0.330 e. The average Bonchev–Trinajstić information content (AvgIpc) is 2.39. The van der Waals surface area contributed by atoms with Gasteiger partial charge in [-0.15, -0.1) is 0 Å². The Morgan fingerprint density at radius 1 is 1.22 bits per heavy atom. The Morgan fingerprint density at radius 2 is 2.06 bits per heavy atom. The second kappa shape index (κ2) is 6.01. The number of nitrogens with two attached hydrogens (primary N) is 1. The van der Waals surface area contributed by atoms with Crippen LogP contribution in [0.4, 0.5) is 5.69 Å². The molecule has 0 atom stereocenters. The monoisotopic (exact) mass is 246 g/mol. The number of unbranched alkanes of at least 4 members (excludes halogenated alkanes) is 2. The van der Waals surface area contributed by atoms with Gasteiger partial charge < -0.3 is 10.6 Å². The predicted octanol–water partition coefficient (Wildman–Crippen LogP) is 2.27. The van der Waals surface area contributed by atoms with Gasteiger partial charge in [-0.05, 0) is 49.4 Å². The Bertz CT molecular complexity index is 429. The van der Waals surface area contributed by atoms with Gasteiger partial charge in [0, 0.05) is 19.2 Å². The maximum atomic E-state index is 11.6. The van der Waals surface area contributed by atoms with Gasteiger partial charge in [-0.2, -0.15) is 0 Å². The Hall–Kier alpha value is -1.35. The zero-order valence-electron chi connectivity index (χ0n) is 11.1. The van der Waals surface area contributed by atoms with Gasteiger partial charge in [-0.1, -0.05) is 18.6 Å². The molecule has 1 amide bonds. The summed E-state index contributed by atoms with van der Waals surface area (Å²) in [6.45, 7) is 0.789. The largest absolute Gasteiger partial charge is 0.330 e. The van der Waals surface area contributed by atoms with Crippen molar-refractivity contribution >= 4 is 11.6 Å². The van der Waals surface area contributed by atoms with Crippen LogP contribution in [0.25, 0.3) is 0 Å². The van der Waals surface area contributed by atoms with E-state index in [1.807, 2.05) is 7.05 Å². The lowest BCUT2D eigenvalue weighted by Crippen LogP contribution is -2.31. The Kier molecular flexibility index (Phi) is 4.37. The molecule has 0 saturated carbocycles. The van der Waals surface area contributed by atoms with Crippen LogP contribution >= 0.6 is 0 Å². The average molecular weight is 246 g/mol. The molecule has 2 rings (SSSR count). The van der Waals surface area contributed by atoms with Crippen LogP contribution in [0.15, 0.2) is 18.2 Å². The highest BCUT2D eigenvalue weighted by atomic mass is 16.2. The van der Waals surface area contributed by atoms with Crippen LogP contribution in [0, 0.1) is 0 Å². The highest BCUT2D eigenvalue weighted by Crippen LogP contribution is 2.27. The van der Waals surface area contributed by atoms with Crippen molar-refractivity contribution < 1.29 is 4.79 Å². The number of aryl methyl sites for hydroxylation is 2. The Balaban J connectivity index is 2.01. The molecule has 0 radical (unpaired) electrons. The number of amides is 1. The van der Waals surface area contributed by atoms with Crippen LogP contribution < -0.4 is 10.6 Å². The molecule has 1 aromatic carbocycles. The summed E-state index contributed by atoms with van der Waals surface area (Å²) < 4.78 is 0. The lowest BCUT2D eigenvalue weighted by molar-refractivity contribution is -0.118. The number of anilines is 1. The smallest absolute Gasteiger partial charge is 0.227 e. The third-order valence-electron chi connectivity index (χ3n) is 3.66. The lowest BCUT2D eigenvalue weighted by Gasteiger charge is -2.26. The molecule has 0 aromatic heterocycles. The number of rotatable bonds is 5. The summed E-state index contributed by atoms with van der Waals surface area (Å²) in [6, 6.07) is 6.50. The molecule has 3 heteroatoms. The van der Waals surface area contributed by atoms with Crippen molar-refractivity contribution in [2.75, 3.05) is 18.5 Å². The Morgan fingerprint density at radius 3 is 2.83 bits per heavy atom. The summed E-state index contributed by atoms with van der Waals surface area (Å²) in [6.07, 6.45) is 6.15. The second-order valence-electron chi connectivity index (χ2n) is 5.02. The third-order valence-corrected chi connectivity index (χ3v) is 3.66. The van der Waals surface area contributed by atoms with Crippen LogP contribution in [0.1, 0.15) is 36.8 Å². The first-order valence-corrected chi connectivity index (χ1v) is 6.81. The van der Waals surface area contributed by atoms with Crippen molar-refractivity contribution in [2.45, 2.75) is 38.5 Å². The zero-order valence-corrected chi connectivity index (χ0v) is 11.1. The van der Waals surface area contributed by atoms with Crippen LogP contribution in [0.5, 0.6) is 0 Å². The van der Waals surface area contributed by atoms with Crippen LogP contribution in [0.3, 0.4) is 0 Å². The summed E-state index contributed by atoms with van der Waals surface area (Å²) in [7, 11) is 1.86. The van der Waals surface area contributed by atoms with Crippen molar-refractivity contribution in [2.24, 2.45) is 5.73 Å². The van der Waals surface area contributed by atoms with E-state index in [0.29, 0.717) is 6.42 Å². The summed E-state index contributed by atoms with van der Waals surface area (Å²) in [4.78, 5) is 13.4. The minimum atomic E-state index is 0.221. The van der Waals surface area contributed by atoms with Gasteiger partial charge in [0.15, 0.2) is 0 Å². The fraction of sp³-hybridized carbons (Fsp3) is 0.533. The van der Waals surface area contributed by atoms with E-state index < -0.39 is 0 Å². The minimum absolute atomic E-state index is 0.221. The van der Waals surface area contributed by atoms with E-state index in [9.17, 15) is 4.79 Å². The fourth-order valence-corrected chi connectivity index (χ4v) is 2.52. The molecule has 1 aliphatic heterocycles. The molecule has 1 aliphatic rings. The number of hydrogen-bond acceptors (Lipinski definition) is 2. The molecule has 0 bridgehead atoms. The fourth-order valence-electron chi connectivity index (χ4n) is 2.52. The van der Waals surface area contributed by atoms with E-state index in [2.05, 4.69) is 18.2 Å². The number of benzene rings is 1.